The van der Waals surface area contributed by atoms with Crippen molar-refractivity contribution in [3.63, 3.8) is 0 Å². The van der Waals surface area contributed by atoms with Crippen molar-refractivity contribution in [2.75, 3.05) is 39.4 Å². The predicted molar refractivity (Wildman–Crippen MR) is 103 cm³/mol. The number of morpholine rings is 1. The van der Waals surface area contributed by atoms with Crippen molar-refractivity contribution in [2.45, 2.75) is 52.2 Å². The van der Waals surface area contributed by atoms with Crippen LogP contribution >= 0.6 is 0 Å². The average Bonchev–Trinajstić information content (AvgIpc) is 3.25. The highest BCUT2D eigenvalue weighted by atomic mass is 16.5. The zero-order valence-electron chi connectivity index (χ0n) is 16.6. The van der Waals surface area contributed by atoms with Crippen molar-refractivity contribution in [3.8, 4) is 0 Å². The minimum absolute atomic E-state index is 0.151. The molecule has 26 heavy (non-hydrogen) atoms. The number of ether oxygens (including phenoxy) is 2. The quantitative estimate of drug-likeness (QED) is 0.633. The highest BCUT2D eigenvalue weighted by Gasteiger charge is 2.32. The molecule has 0 amide bonds. The molecule has 3 rings (SSSR count). The van der Waals surface area contributed by atoms with Crippen molar-refractivity contribution in [3.05, 3.63) is 17.0 Å². The van der Waals surface area contributed by atoms with Crippen LogP contribution in [0.4, 0.5) is 0 Å². The molecule has 146 valence electrons. The third-order valence-corrected chi connectivity index (χ3v) is 5.39. The van der Waals surface area contributed by atoms with E-state index in [-0.39, 0.29) is 12.2 Å². The molecular formula is C19H33N5O2. The summed E-state index contributed by atoms with van der Waals surface area (Å²) in [5.74, 6) is 0.984. The molecule has 2 saturated heterocycles. The van der Waals surface area contributed by atoms with Crippen molar-refractivity contribution in [2.24, 2.45) is 12.0 Å². The van der Waals surface area contributed by atoms with Gasteiger partial charge in [-0.15, -0.1) is 0 Å². The molecule has 2 unspecified atom stereocenters. The van der Waals surface area contributed by atoms with E-state index in [9.17, 15) is 0 Å². The molecule has 0 aromatic carbocycles. The van der Waals surface area contributed by atoms with Crippen molar-refractivity contribution < 1.29 is 9.47 Å². The maximum Gasteiger partial charge on any atom is 0.194 e. The zero-order chi connectivity index (χ0) is 18.5. The van der Waals surface area contributed by atoms with Crippen LogP contribution in [-0.2, 0) is 22.9 Å². The lowest BCUT2D eigenvalue weighted by Crippen LogP contribution is -2.53. The van der Waals surface area contributed by atoms with E-state index in [1.807, 2.05) is 11.7 Å². The summed E-state index contributed by atoms with van der Waals surface area (Å²) in [6.45, 7) is 11.3. The molecule has 2 aliphatic heterocycles. The first kappa shape index (κ1) is 19.2. The van der Waals surface area contributed by atoms with Crippen LogP contribution in [0.15, 0.2) is 4.99 Å². The number of rotatable bonds is 5. The van der Waals surface area contributed by atoms with Crippen LogP contribution in [-0.4, -0.2) is 72.2 Å². The Morgan fingerprint density at radius 1 is 1.27 bits per heavy atom. The second-order valence-corrected chi connectivity index (χ2v) is 7.17. The Bertz CT molecular complexity index is 622. The summed E-state index contributed by atoms with van der Waals surface area (Å²) in [5.41, 5.74) is 3.65. The lowest BCUT2D eigenvalue weighted by atomic mass is 10.1. The van der Waals surface area contributed by atoms with Gasteiger partial charge in [-0.3, -0.25) is 9.67 Å². The first-order valence-corrected chi connectivity index (χ1v) is 9.85. The minimum atomic E-state index is 0.151. The number of aliphatic imine (C=N–C) groups is 1. The number of hydrogen-bond acceptors (Lipinski definition) is 4. The van der Waals surface area contributed by atoms with Gasteiger partial charge in [0.15, 0.2) is 5.96 Å². The first-order chi connectivity index (χ1) is 12.6. The first-order valence-electron chi connectivity index (χ1n) is 9.85. The number of guanidine groups is 1. The smallest absolute Gasteiger partial charge is 0.194 e. The van der Waals surface area contributed by atoms with Gasteiger partial charge in [-0.2, -0.15) is 5.10 Å². The molecule has 0 spiro atoms. The molecule has 2 aliphatic rings. The minimum Gasteiger partial charge on any atom is -0.375 e. The van der Waals surface area contributed by atoms with E-state index < -0.39 is 0 Å². The van der Waals surface area contributed by atoms with Crippen molar-refractivity contribution in [1.82, 2.24) is 20.0 Å². The largest absolute Gasteiger partial charge is 0.375 e. The topological polar surface area (TPSA) is 63.9 Å². The third-order valence-electron chi connectivity index (χ3n) is 5.39. The maximum absolute atomic E-state index is 5.97. The van der Waals surface area contributed by atoms with Crippen LogP contribution < -0.4 is 5.32 Å². The Morgan fingerprint density at radius 3 is 2.73 bits per heavy atom. The van der Waals surface area contributed by atoms with Gasteiger partial charge in [0.05, 0.1) is 18.4 Å². The average molecular weight is 364 g/mol. The Balaban J connectivity index is 1.62. The molecule has 0 aliphatic carbocycles. The van der Waals surface area contributed by atoms with Gasteiger partial charge < -0.3 is 19.7 Å². The molecule has 1 aromatic rings. The Morgan fingerprint density at radius 2 is 2.08 bits per heavy atom. The van der Waals surface area contributed by atoms with Crippen molar-refractivity contribution >= 4 is 5.96 Å². The van der Waals surface area contributed by atoms with Crippen LogP contribution in [0, 0.1) is 13.8 Å². The normalized spacial score (nSPS) is 24.3. The molecule has 7 heteroatoms. The molecule has 0 saturated carbocycles. The number of nitrogens with zero attached hydrogens (tertiary/aromatic N) is 4. The fourth-order valence-corrected chi connectivity index (χ4v) is 3.87. The van der Waals surface area contributed by atoms with E-state index in [0.29, 0.717) is 0 Å². The number of hydrogen-bond donors (Lipinski definition) is 1. The monoisotopic (exact) mass is 363 g/mol. The summed E-state index contributed by atoms with van der Waals surface area (Å²) < 4.78 is 13.7. The molecule has 2 fully saturated rings. The lowest BCUT2D eigenvalue weighted by Gasteiger charge is -2.37. The van der Waals surface area contributed by atoms with Crippen LogP contribution in [0.25, 0.3) is 0 Å². The van der Waals surface area contributed by atoms with Gasteiger partial charge >= 0.3 is 0 Å². The highest BCUT2D eigenvalue weighted by Crippen LogP contribution is 2.21. The molecule has 1 aromatic heterocycles. The Labute approximate surface area is 156 Å². The standard InChI is InChI=1S/C19H33N5O2/c1-5-20-19(21-9-8-16-14(2)22-23(4)15(16)3)24-10-12-26-18(13-24)17-7-6-11-25-17/h17-18H,5-13H2,1-4H3,(H,20,21). The lowest BCUT2D eigenvalue weighted by molar-refractivity contribution is -0.0817. The fourth-order valence-electron chi connectivity index (χ4n) is 3.87. The zero-order valence-corrected chi connectivity index (χ0v) is 16.6. The molecule has 3 heterocycles. The summed E-state index contributed by atoms with van der Waals surface area (Å²) in [6, 6.07) is 0. The predicted octanol–water partition coefficient (Wildman–Crippen LogP) is 1.42. The molecule has 0 bridgehead atoms. The van der Waals surface area contributed by atoms with Gasteiger partial charge in [-0.1, -0.05) is 0 Å². The molecule has 2 atom stereocenters. The van der Waals surface area contributed by atoms with Crippen molar-refractivity contribution in [1.29, 1.82) is 0 Å². The number of aromatic nitrogens is 2. The van der Waals surface area contributed by atoms with Gasteiger partial charge in [0.25, 0.3) is 0 Å². The summed E-state index contributed by atoms with van der Waals surface area (Å²) in [4.78, 5) is 7.20. The molecule has 7 nitrogen and oxygen atoms in total. The van der Waals surface area contributed by atoms with Gasteiger partial charge in [0, 0.05) is 45.5 Å². The SMILES string of the molecule is CCNC(=NCCc1c(C)nn(C)c1C)N1CCOC(C2CCCO2)C1. The molecule has 1 N–H and O–H groups in total. The Kier molecular flexibility index (Phi) is 6.53. The second-order valence-electron chi connectivity index (χ2n) is 7.17. The highest BCUT2D eigenvalue weighted by molar-refractivity contribution is 5.80. The molecule has 0 radical (unpaired) electrons. The number of nitrogens with one attached hydrogen (secondary N) is 1. The summed E-state index contributed by atoms with van der Waals surface area (Å²) in [5, 5.41) is 7.94. The van der Waals surface area contributed by atoms with Crippen LogP contribution in [0.5, 0.6) is 0 Å². The van der Waals surface area contributed by atoms with E-state index in [1.54, 1.807) is 0 Å². The third kappa shape index (κ3) is 4.38. The van der Waals surface area contributed by atoms with Gasteiger partial charge in [-0.25, -0.2) is 0 Å². The van der Waals surface area contributed by atoms with E-state index in [0.717, 1.165) is 70.3 Å². The second kappa shape index (κ2) is 8.86. The van der Waals surface area contributed by atoms with Crippen LogP contribution in [0.1, 0.15) is 36.7 Å². The molecular weight excluding hydrogens is 330 g/mol. The van der Waals surface area contributed by atoms with Gasteiger partial charge in [0.2, 0.25) is 0 Å². The van der Waals surface area contributed by atoms with Crippen LogP contribution in [0.2, 0.25) is 0 Å². The van der Waals surface area contributed by atoms with Crippen LogP contribution in [0.3, 0.4) is 0 Å². The van der Waals surface area contributed by atoms with E-state index in [1.165, 1.54) is 11.3 Å². The summed E-state index contributed by atoms with van der Waals surface area (Å²) in [6.07, 6.45) is 3.55. The maximum atomic E-state index is 5.97. The van der Waals surface area contributed by atoms with E-state index in [4.69, 9.17) is 14.5 Å². The van der Waals surface area contributed by atoms with Gasteiger partial charge in [-0.05, 0) is 45.6 Å². The van der Waals surface area contributed by atoms with Gasteiger partial charge in [0.1, 0.15) is 6.10 Å². The summed E-state index contributed by atoms with van der Waals surface area (Å²) in [7, 11) is 2.00. The van der Waals surface area contributed by atoms with E-state index in [2.05, 4.69) is 36.1 Å². The fraction of sp³-hybridized carbons (Fsp3) is 0.789. The Hall–Kier alpha value is -1.60. The van der Waals surface area contributed by atoms with E-state index >= 15 is 0 Å². The number of aryl methyl sites for hydroxylation is 2. The summed E-state index contributed by atoms with van der Waals surface area (Å²) >= 11 is 0.